The second kappa shape index (κ2) is 4.85. The van der Waals surface area contributed by atoms with Gasteiger partial charge in [0.1, 0.15) is 5.69 Å². The molecule has 18 heavy (non-hydrogen) atoms. The minimum Gasteiger partial charge on any atom is -0.481 e. The zero-order chi connectivity index (χ0) is 13.9. The molecule has 7 nitrogen and oxygen atoms in total. The SMILES string of the molecule is CC(=O)O.Nc1nc2nc(C(F)(F)F)ccn2n1. The monoisotopic (exact) mass is 263 g/mol. The van der Waals surface area contributed by atoms with E-state index in [1.807, 2.05) is 0 Å². The number of nitrogens with zero attached hydrogens (tertiary/aromatic N) is 4. The van der Waals surface area contributed by atoms with Crippen LogP contribution in [0.1, 0.15) is 12.6 Å². The first-order valence-electron chi connectivity index (χ1n) is 4.46. The summed E-state index contributed by atoms with van der Waals surface area (Å²) < 4.78 is 37.6. The molecule has 2 rings (SSSR count). The molecule has 0 unspecified atom stereocenters. The van der Waals surface area contributed by atoms with Crippen LogP contribution in [0.4, 0.5) is 19.1 Å². The van der Waals surface area contributed by atoms with Gasteiger partial charge in [-0.25, -0.2) is 9.50 Å². The Morgan fingerprint density at radius 3 is 2.50 bits per heavy atom. The van der Waals surface area contributed by atoms with Gasteiger partial charge in [-0.2, -0.15) is 18.2 Å². The van der Waals surface area contributed by atoms with Gasteiger partial charge >= 0.3 is 6.18 Å². The molecule has 0 fully saturated rings. The summed E-state index contributed by atoms with van der Waals surface area (Å²) in [5.41, 5.74) is 4.17. The largest absolute Gasteiger partial charge is 0.481 e. The molecule has 0 saturated carbocycles. The molecule has 0 atom stereocenters. The number of anilines is 1. The number of halogens is 3. The van der Waals surface area contributed by atoms with Crippen LogP contribution in [0.2, 0.25) is 0 Å². The standard InChI is InChI=1S/C6H4F3N5.C2H4O2/c7-6(8,9)3-1-2-14-5(11-3)12-4(10)13-14;1-2(3)4/h1-2H,(H2,10,13);1H3,(H,3,4). The summed E-state index contributed by atoms with van der Waals surface area (Å²) in [6.07, 6.45) is -3.38. The summed E-state index contributed by atoms with van der Waals surface area (Å²) in [7, 11) is 0. The molecule has 0 saturated heterocycles. The van der Waals surface area contributed by atoms with Gasteiger partial charge in [0.25, 0.3) is 11.7 Å². The second-order valence-electron chi connectivity index (χ2n) is 3.04. The zero-order valence-electron chi connectivity index (χ0n) is 9.01. The number of rotatable bonds is 0. The van der Waals surface area contributed by atoms with Gasteiger partial charge < -0.3 is 10.8 Å². The number of aromatic nitrogens is 4. The second-order valence-corrected chi connectivity index (χ2v) is 3.04. The van der Waals surface area contributed by atoms with Gasteiger partial charge in [0.05, 0.1) is 0 Å². The van der Waals surface area contributed by atoms with Crippen molar-refractivity contribution in [3.63, 3.8) is 0 Å². The maximum atomic E-state index is 12.2. The van der Waals surface area contributed by atoms with Crippen LogP contribution in [0.5, 0.6) is 0 Å². The predicted molar refractivity (Wildman–Crippen MR) is 53.5 cm³/mol. The van der Waals surface area contributed by atoms with Crippen LogP contribution >= 0.6 is 0 Å². The number of aliphatic carboxylic acids is 1. The fourth-order valence-corrected chi connectivity index (χ4v) is 0.951. The van der Waals surface area contributed by atoms with Crippen molar-refractivity contribution in [1.29, 1.82) is 0 Å². The molecule has 0 bridgehead atoms. The summed E-state index contributed by atoms with van der Waals surface area (Å²) in [6.45, 7) is 1.08. The highest BCUT2D eigenvalue weighted by Gasteiger charge is 2.32. The summed E-state index contributed by atoms with van der Waals surface area (Å²) >= 11 is 0. The van der Waals surface area contributed by atoms with Crippen LogP contribution in [0.15, 0.2) is 12.3 Å². The summed E-state index contributed by atoms with van der Waals surface area (Å²) in [4.78, 5) is 15.8. The van der Waals surface area contributed by atoms with E-state index in [1.54, 1.807) is 0 Å². The lowest BCUT2D eigenvalue weighted by molar-refractivity contribution is -0.141. The van der Waals surface area contributed by atoms with Gasteiger partial charge in [-0.1, -0.05) is 0 Å². The number of nitrogen functional groups attached to an aromatic ring is 1. The zero-order valence-corrected chi connectivity index (χ0v) is 9.01. The summed E-state index contributed by atoms with van der Waals surface area (Å²) in [6, 6.07) is 0.807. The average molecular weight is 263 g/mol. The first-order chi connectivity index (χ1) is 8.20. The van der Waals surface area contributed by atoms with Crippen LogP contribution in [-0.2, 0) is 11.0 Å². The topological polar surface area (TPSA) is 106 Å². The minimum absolute atomic E-state index is 0.114. The van der Waals surface area contributed by atoms with E-state index in [0.29, 0.717) is 0 Å². The molecular formula is C8H8F3N5O2. The Bertz CT molecular complexity index is 561. The van der Waals surface area contributed by atoms with Crippen molar-refractivity contribution in [2.75, 3.05) is 5.73 Å². The molecule has 98 valence electrons. The molecular weight excluding hydrogens is 255 g/mol. The predicted octanol–water partition coefficient (Wildman–Crippen LogP) is 0.816. The molecule has 0 aliphatic heterocycles. The van der Waals surface area contributed by atoms with Gasteiger partial charge in [-0.05, 0) is 6.07 Å². The Hall–Kier alpha value is -2.39. The lowest BCUT2D eigenvalue weighted by atomic mass is 10.4. The number of carbonyl (C=O) groups is 1. The quantitative estimate of drug-likeness (QED) is 0.728. The Labute approximate surface area is 98.1 Å². The minimum atomic E-state index is -4.48. The first-order valence-corrected chi connectivity index (χ1v) is 4.46. The Kier molecular flexibility index (Phi) is 3.69. The Morgan fingerprint density at radius 2 is 2.00 bits per heavy atom. The van der Waals surface area contributed by atoms with E-state index in [9.17, 15) is 13.2 Å². The Balaban J connectivity index is 0.000000357. The molecule has 10 heteroatoms. The van der Waals surface area contributed by atoms with Crippen molar-refractivity contribution in [2.24, 2.45) is 0 Å². The van der Waals surface area contributed by atoms with Gasteiger partial charge in [-0.3, -0.25) is 4.79 Å². The molecule has 2 aromatic rings. The fourth-order valence-electron chi connectivity index (χ4n) is 0.951. The van der Waals surface area contributed by atoms with Crippen molar-refractivity contribution in [3.05, 3.63) is 18.0 Å². The number of carboxylic acid groups (broad SMARTS) is 1. The van der Waals surface area contributed by atoms with E-state index in [2.05, 4.69) is 15.1 Å². The van der Waals surface area contributed by atoms with Crippen molar-refractivity contribution in [3.8, 4) is 0 Å². The molecule has 0 aliphatic carbocycles. The molecule has 0 spiro atoms. The maximum absolute atomic E-state index is 12.2. The lowest BCUT2D eigenvalue weighted by Crippen LogP contribution is -2.09. The van der Waals surface area contributed by atoms with E-state index in [-0.39, 0.29) is 11.7 Å². The molecule has 0 amide bonds. The van der Waals surface area contributed by atoms with Gasteiger partial charge in [0, 0.05) is 13.1 Å². The van der Waals surface area contributed by atoms with E-state index in [4.69, 9.17) is 15.6 Å². The van der Waals surface area contributed by atoms with Crippen molar-refractivity contribution >= 4 is 17.7 Å². The fraction of sp³-hybridized carbons (Fsp3) is 0.250. The number of hydrogen-bond acceptors (Lipinski definition) is 5. The molecule has 3 N–H and O–H groups in total. The molecule has 0 aliphatic rings. The third-order valence-corrected chi connectivity index (χ3v) is 1.51. The highest BCUT2D eigenvalue weighted by molar-refractivity contribution is 5.62. The van der Waals surface area contributed by atoms with Crippen LogP contribution in [0, 0.1) is 0 Å². The summed E-state index contributed by atoms with van der Waals surface area (Å²) in [5.74, 6) is -1.12. The van der Waals surface area contributed by atoms with Crippen molar-refractivity contribution in [2.45, 2.75) is 13.1 Å². The number of alkyl halides is 3. The molecule has 0 aromatic carbocycles. The highest BCUT2D eigenvalue weighted by Crippen LogP contribution is 2.27. The molecule has 2 aromatic heterocycles. The van der Waals surface area contributed by atoms with Crippen LogP contribution in [-0.4, -0.2) is 30.7 Å². The van der Waals surface area contributed by atoms with E-state index in [1.165, 1.54) is 0 Å². The van der Waals surface area contributed by atoms with Gasteiger partial charge in [-0.15, -0.1) is 5.10 Å². The normalized spacial score (nSPS) is 10.9. The average Bonchev–Trinajstić information content (AvgIpc) is 2.53. The number of fused-ring (bicyclic) bond motifs is 1. The van der Waals surface area contributed by atoms with Gasteiger partial charge in [0.2, 0.25) is 5.95 Å². The molecule has 0 radical (unpaired) electrons. The smallest absolute Gasteiger partial charge is 0.433 e. The first kappa shape index (κ1) is 13.7. The van der Waals surface area contributed by atoms with Crippen LogP contribution < -0.4 is 5.73 Å². The van der Waals surface area contributed by atoms with E-state index >= 15 is 0 Å². The highest BCUT2D eigenvalue weighted by atomic mass is 19.4. The molecule has 2 heterocycles. The van der Waals surface area contributed by atoms with E-state index < -0.39 is 17.8 Å². The maximum Gasteiger partial charge on any atom is 0.433 e. The van der Waals surface area contributed by atoms with Crippen molar-refractivity contribution in [1.82, 2.24) is 19.6 Å². The number of carboxylic acids is 1. The number of nitrogens with two attached hydrogens (primary N) is 1. The third kappa shape index (κ3) is 3.57. The van der Waals surface area contributed by atoms with Crippen LogP contribution in [0.3, 0.4) is 0 Å². The summed E-state index contributed by atoms with van der Waals surface area (Å²) in [5, 5.41) is 11.0. The third-order valence-electron chi connectivity index (χ3n) is 1.51. The lowest BCUT2D eigenvalue weighted by Gasteiger charge is -2.03. The van der Waals surface area contributed by atoms with Gasteiger partial charge in [0.15, 0.2) is 0 Å². The van der Waals surface area contributed by atoms with Crippen molar-refractivity contribution < 1.29 is 23.1 Å². The van der Waals surface area contributed by atoms with Crippen LogP contribution in [0.25, 0.3) is 5.78 Å². The van der Waals surface area contributed by atoms with E-state index in [0.717, 1.165) is 23.7 Å². The Morgan fingerprint density at radius 1 is 1.44 bits per heavy atom. The number of hydrogen-bond donors (Lipinski definition) is 2.